The van der Waals surface area contributed by atoms with Crippen LogP contribution in [0, 0.1) is 11.6 Å². The topological polar surface area (TPSA) is 29.1 Å². The van der Waals surface area contributed by atoms with Crippen LogP contribution in [0.1, 0.15) is 5.56 Å². The van der Waals surface area contributed by atoms with Crippen LogP contribution in [-0.2, 0) is 11.3 Å². The monoisotopic (exact) mass is 289 g/mol. The van der Waals surface area contributed by atoms with Crippen LogP contribution in [0.25, 0.3) is 0 Å². The number of carbonyl (C=O) groups excluding carboxylic acids is 1. The van der Waals surface area contributed by atoms with Gasteiger partial charge < -0.3 is 5.32 Å². The van der Waals surface area contributed by atoms with Crippen LogP contribution in [0.4, 0.5) is 30.7 Å². The van der Waals surface area contributed by atoms with E-state index in [1.54, 1.807) is 0 Å². The number of rotatable bonds is 3. The van der Waals surface area contributed by atoms with Crippen molar-refractivity contribution in [2.75, 3.05) is 0 Å². The Balaban J connectivity index is 2.77. The Bertz CT molecular complexity index is 483. The van der Waals surface area contributed by atoms with Crippen LogP contribution in [0.15, 0.2) is 18.2 Å². The molecular formula is C10H6F7NO. The molecule has 0 atom stereocenters. The molecular weight excluding hydrogens is 283 g/mol. The predicted octanol–water partition coefficient (Wildman–Crippen LogP) is 2.78. The fourth-order valence-corrected chi connectivity index (χ4v) is 1.09. The Hall–Kier alpha value is -1.80. The first-order valence-corrected chi connectivity index (χ1v) is 4.72. The molecule has 0 spiro atoms. The highest BCUT2D eigenvalue weighted by molar-refractivity contribution is 5.84. The number of hydrogen-bond acceptors (Lipinski definition) is 1. The summed E-state index contributed by atoms with van der Waals surface area (Å²) in [6.45, 7) is -0.992. The lowest BCUT2D eigenvalue weighted by atomic mass is 10.2. The van der Waals surface area contributed by atoms with Crippen molar-refractivity contribution < 1.29 is 35.5 Å². The molecule has 106 valence electrons. The minimum absolute atomic E-state index is 0.550. The average Bonchev–Trinajstić information content (AvgIpc) is 2.28. The first-order valence-electron chi connectivity index (χ1n) is 4.72. The summed E-state index contributed by atoms with van der Waals surface area (Å²) in [5, 5.41) is 1.20. The quantitative estimate of drug-likeness (QED) is 0.852. The number of alkyl halides is 5. The number of amides is 1. The van der Waals surface area contributed by atoms with Crippen molar-refractivity contribution in [2.24, 2.45) is 0 Å². The fourth-order valence-electron chi connectivity index (χ4n) is 1.09. The molecule has 0 heterocycles. The second-order valence-corrected chi connectivity index (χ2v) is 3.49. The van der Waals surface area contributed by atoms with Gasteiger partial charge in [-0.25, -0.2) is 8.78 Å². The summed E-state index contributed by atoms with van der Waals surface area (Å²) in [4.78, 5) is 10.7. The van der Waals surface area contributed by atoms with E-state index in [1.165, 1.54) is 5.32 Å². The largest absolute Gasteiger partial charge is 0.463 e. The third-order valence-electron chi connectivity index (χ3n) is 2.09. The number of hydrogen-bond donors (Lipinski definition) is 1. The van der Waals surface area contributed by atoms with E-state index < -0.39 is 41.7 Å². The van der Waals surface area contributed by atoms with E-state index in [0.29, 0.717) is 12.1 Å². The maximum absolute atomic E-state index is 13.0. The molecule has 0 aliphatic rings. The molecule has 0 aliphatic carbocycles. The molecule has 0 bridgehead atoms. The van der Waals surface area contributed by atoms with Crippen LogP contribution in [-0.4, -0.2) is 18.0 Å². The van der Waals surface area contributed by atoms with Crippen LogP contribution in [0.3, 0.4) is 0 Å². The van der Waals surface area contributed by atoms with Crippen molar-refractivity contribution in [1.29, 1.82) is 0 Å². The van der Waals surface area contributed by atoms with Gasteiger partial charge in [0, 0.05) is 12.1 Å². The van der Waals surface area contributed by atoms with Crippen molar-refractivity contribution >= 4 is 5.91 Å². The van der Waals surface area contributed by atoms with Crippen LogP contribution < -0.4 is 5.32 Å². The molecule has 0 radical (unpaired) electrons. The molecule has 2 nitrogen and oxygen atoms in total. The van der Waals surface area contributed by atoms with Crippen molar-refractivity contribution in [2.45, 2.75) is 18.6 Å². The molecule has 9 heteroatoms. The SMILES string of the molecule is O=C(NCc1cc(F)ccc1F)C(F)(F)C(F)(F)F. The summed E-state index contributed by atoms with van der Waals surface area (Å²) in [6, 6.07) is 1.95. The highest BCUT2D eigenvalue weighted by atomic mass is 19.4. The van der Waals surface area contributed by atoms with Crippen LogP contribution in [0.5, 0.6) is 0 Å². The minimum atomic E-state index is -6.06. The molecule has 1 N–H and O–H groups in total. The van der Waals surface area contributed by atoms with Gasteiger partial charge in [-0.3, -0.25) is 4.79 Å². The minimum Gasteiger partial charge on any atom is -0.346 e. The number of carbonyl (C=O) groups is 1. The van der Waals surface area contributed by atoms with Gasteiger partial charge >= 0.3 is 18.0 Å². The second-order valence-electron chi connectivity index (χ2n) is 3.49. The van der Waals surface area contributed by atoms with Gasteiger partial charge in [-0.05, 0) is 18.2 Å². The highest BCUT2D eigenvalue weighted by Gasteiger charge is 2.63. The molecule has 0 saturated heterocycles. The molecule has 0 aliphatic heterocycles. The first kappa shape index (κ1) is 15.3. The smallest absolute Gasteiger partial charge is 0.346 e. The summed E-state index contributed by atoms with van der Waals surface area (Å²) in [5.74, 6) is -10.2. The van der Waals surface area contributed by atoms with Gasteiger partial charge in [-0.2, -0.15) is 22.0 Å². The predicted molar refractivity (Wildman–Crippen MR) is 49.2 cm³/mol. The molecule has 0 aromatic heterocycles. The van der Waals surface area contributed by atoms with Gasteiger partial charge in [0.1, 0.15) is 11.6 Å². The van der Waals surface area contributed by atoms with Crippen LogP contribution in [0.2, 0.25) is 0 Å². The second kappa shape index (κ2) is 5.06. The zero-order valence-electron chi connectivity index (χ0n) is 8.99. The Morgan fingerprint density at radius 2 is 1.68 bits per heavy atom. The van der Waals surface area contributed by atoms with Crippen molar-refractivity contribution in [1.82, 2.24) is 5.32 Å². The lowest BCUT2D eigenvalue weighted by molar-refractivity contribution is -0.269. The molecule has 1 aromatic carbocycles. The first-order chi connectivity index (χ1) is 8.55. The third kappa shape index (κ3) is 3.36. The van der Waals surface area contributed by atoms with Crippen molar-refractivity contribution in [3.05, 3.63) is 35.4 Å². The summed E-state index contributed by atoms with van der Waals surface area (Å²) >= 11 is 0. The Morgan fingerprint density at radius 3 is 2.21 bits per heavy atom. The van der Waals surface area contributed by atoms with E-state index in [2.05, 4.69) is 0 Å². The van der Waals surface area contributed by atoms with Gasteiger partial charge in [0.25, 0.3) is 0 Å². The molecule has 19 heavy (non-hydrogen) atoms. The molecule has 0 fully saturated rings. The summed E-state index contributed by atoms with van der Waals surface area (Å²) in [5.41, 5.74) is -0.550. The van der Waals surface area contributed by atoms with Gasteiger partial charge in [0.05, 0.1) is 0 Å². The summed E-state index contributed by atoms with van der Waals surface area (Å²) < 4.78 is 86.1. The standard InChI is InChI=1S/C10H6F7NO/c11-6-1-2-7(12)5(3-6)4-18-8(19)9(13,14)10(15,16)17/h1-3H,4H2,(H,18,19). The average molecular weight is 289 g/mol. The third-order valence-corrected chi connectivity index (χ3v) is 2.09. The zero-order valence-corrected chi connectivity index (χ0v) is 8.99. The van der Waals surface area contributed by atoms with E-state index in [4.69, 9.17) is 0 Å². The molecule has 1 rings (SSSR count). The number of nitrogens with one attached hydrogen (secondary N) is 1. The van der Waals surface area contributed by atoms with Crippen molar-refractivity contribution in [3.63, 3.8) is 0 Å². The van der Waals surface area contributed by atoms with Crippen molar-refractivity contribution in [3.8, 4) is 0 Å². The van der Waals surface area contributed by atoms with E-state index >= 15 is 0 Å². The maximum Gasteiger partial charge on any atom is 0.463 e. The number of halogens is 7. The lowest BCUT2D eigenvalue weighted by Gasteiger charge is -2.18. The zero-order chi connectivity index (χ0) is 14.8. The van der Waals surface area contributed by atoms with Gasteiger partial charge in [-0.15, -0.1) is 0 Å². The Labute approximate surface area is 102 Å². The van der Waals surface area contributed by atoms with Crippen LogP contribution >= 0.6 is 0 Å². The molecule has 1 aromatic rings. The summed E-state index contributed by atoms with van der Waals surface area (Å²) in [7, 11) is 0. The number of benzene rings is 1. The van der Waals surface area contributed by atoms with Gasteiger partial charge in [0.15, 0.2) is 0 Å². The molecule has 1 amide bonds. The summed E-state index contributed by atoms with van der Waals surface area (Å²) in [6.07, 6.45) is -6.06. The van der Waals surface area contributed by atoms with Gasteiger partial charge in [0.2, 0.25) is 0 Å². The molecule has 0 saturated carbocycles. The normalized spacial score (nSPS) is 12.4. The molecule has 0 unspecified atom stereocenters. The van der Waals surface area contributed by atoms with Gasteiger partial charge in [-0.1, -0.05) is 0 Å². The fraction of sp³-hybridized carbons (Fsp3) is 0.300. The maximum atomic E-state index is 13.0. The Morgan fingerprint density at radius 1 is 1.11 bits per heavy atom. The van der Waals surface area contributed by atoms with E-state index in [0.717, 1.165) is 6.07 Å². The van der Waals surface area contributed by atoms with E-state index in [1.807, 2.05) is 0 Å². The highest BCUT2D eigenvalue weighted by Crippen LogP contribution is 2.35. The van der Waals surface area contributed by atoms with E-state index in [-0.39, 0.29) is 0 Å². The Kier molecular flexibility index (Phi) is 4.06. The van der Waals surface area contributed by atoms with E-state index in [9.17, 15) is 35.5 Å². The lowest BCUT2D eigenvalue weighted by Crippen LogP contribution is -2.50.